The molecule has 24 heavy (non-hydrogen) atoms. The van der Waals surface area contributed by atoms with E-state index < -0.39 is 0 Å². The van der Waals surface area contributed by atoms with Gasteiger partial charge < -0.3 is 4.74 Å². The summed E-state index contributed by atoms with van der Waals surface area (Å²) in [7, 11) is 3.39. The first-order chi connectivity index (χ1) is 11.6. The van der Waals surface area contributed by atoms with Gasteiger partial charge in [0.15, 0.2) is 5.13 Å². The minimum atomic E-state index is -0.0608. The zero-order valence-corrected chi connectivity index (χ0v) is 14.6. The van der Waals surface area contributed by atoms with Crippen molar-refractivity contribution >= 4 is 22.4 Å². The predicted molar refractivity (Wildman–Crippen MR) is 98.0 cm³/mol. The van der Waals surface area contributed by atoms with Crippen LogP contribution in [0.5, 0.6) is 5.75 Å². The molecule has 3 rings (SSSR count). The summed E-state index contributed by atoms with van der Waals surface area (Å²) in [4.78, 5) is 18.8. The highest BCUT2D eigenvalue weighted by Gasteiger charge is 2.17. The zero-order chi connectivity index (χ0) is 17.1. The summed E-state index contributed by atoms with van der Waals surface area (Å²) < 4.78 is 5.17. The van der Waals surface area contributed by atoms with Crippen LogP contribution in [-0.2, 0) is 0 Å². The van der Waals surface area contributed by atoms with E-state index in [1.54, 1.807) is 19.1 Å². The molecule has 0 fully saturated rings. The molecular formula is C19H18N2O2S. The number of aromatic nitrogens is 1. The van der Waals surface area contributed by atoms with Gasteiger partial charge in [0.2, 0.25) is 0 Å². The maximum absolute atomic E-state index is 12.6. The number of rotatable bonds is 4. The monoisotopic (exact) mass is 338 g/mol. The number of amides is 1. The van der Waals surface area contributed by atoms with Crippen LogP contribution < -0.4 is 9.64 Å². The molecule has 0 spiro atoms. The van der Waals surface area contributed by atoms with Gasteiger partial charge in [-0.25, -0.2) is 4.98 Å². The fourth-order valence-electron chi connectivity index (χ4n) is 2.37. The Morgan fingerprint density at radius 3 is 2.58 bits per heavy atom. The maximum atomic E-state index is 12.6. The standard InChI is InChI=1S/C19H18N2O2S/c1-13-5-4-6-15(11-13)18(22)21(2)19-20-17(12-24-19)14-7-9-16(23-3)10-8-14/h4-12H,1-3H3. The highest BCUT2D eigenvalue weighted by molar-refractivity contribution is 7.14. The number of hydrogen-bond donors (Lipinski definition) is 0. The Morgan fingerprint density at radius 1 is 1.17 bits per heavy atom. The molecule has 0 atom stereocenters. The van der Waals surface area contributed by atoms with Crippen LogP contribution >= 0.6 is 11.3 Å². The Bertz CT molecular complexity index is 856. The number of methoxy groups -OCH3 is 1. The second kappa shape index (κ2) is 6.84. The Labute approximate surface area is 145 Å². The van der Waals surface area contributed by atoms with E-state index in [-0.39, 0.29) is 5.91 Å². The van der Waals surface area contributed by atoms with Gasteiger partial charge in [-0.2, -0.15) is 0 Å². The highest BCUT2D eigenvalue weighted by atomic mass is 32.1. The number of thiazole rings is 1. The van der Waals surface area contributed by atoms with E-state index in [2.05, 4.69) is 4.98 Å². The number of aryl methyl sites for hydroxylation is 1. The van der Waals surface area contributed by atoms with Crippen molar-refractivity contribution < 1.29 is 9.53 Å². The zero-order valence-electron chi connectivity index (χ0n) is 13.8. The SMILES string of the molecule is COc1ccc(-c2csc(N(C)C(=O)c3cccc(C)c3)n2)cc1. The molecule has 1 heterocycles. The predicted octanol–water partition coefficient (Wildman–Crippen LogP) is 4.40. The van der Waals surface area contributed by atoms with Crippen LogP contribution in [0.4, 0.5) is 5.13 Å². The molecule has 4 nitrogen and oxygen atoms in total. The molecule has 2 aromatic carbocycles. The largest absolute Gasteiger partial charge is 0.497 e. The van der Waals surface area contributed by atoms with Crippen molar-refractivity contribution in [3.63, 3.8) is 0 Å². The van der Waals surface area contributed by atoms with E-state index in [1.165, 1.54) is 11.3 Å². The molecule has 0 N–H and O–H groups in total. The molecule has 0 aliphatic carbocycles. The van der Waals surface area contributed by atoms with Crippen LogP contribution in [0.3, 0.4) is 0 Å². The number of benzene rings is 2. The van der Waals surface area contributed by atoms with Gasteiger partial charge in [-0.1, -0.05) is 17.7 Å². The van der Waals surface area contributed by atoms with Crippen molar-refractivity contribution in [2.24, 2.45) is 0 Å². The first-order valence-corrected chi connectivity index (χ1v) is 8.41. The number of nitrogens with zero attached hydrogens (tertiary/aromatic N) is 2. The number of hydrogen-bond acceptors (Lipinski definition) is 4. The summed E-state index contributed by atoms with van der Waals surface area (Å²) in [5.74, 6) is 0.746. The summed E-state index contributed by atoms with van der Waals surface area (Å²) >= 11 is 1.45. The van der Waals surface area contributed by atoms with Crippen LogP contribution in [0.1, 0.15) is 15.9 Å². The van der Waals surface area contributed by atoms with E-state index in [9.17, 15) is 4.79 Å². The average molecular weight is 338 g/mol. The van der Waals surface area contributed by atoms with Crippen molar-refractivity contribution in [2.75, 3.05) is 19.1 Å². The van der Waals surface area contributed by atoms with E-state index in [1.807, 2.05) is 60.8 Å². The van der Waals surface area contributed by atoms with Crippen LogP contribution in [0, 0.1) is 6.92 Å². The lowest BCUT2D eigenvalue weighted by Crippen LogP contribution is -2.26. The molecule has 5 heteroatoms. The topological polar surface area (TPSA) is 42.4 Å². The number of ether oxygens (including phenoxy) is 1. The first-order valence-electron chi connectivity index (χ1n) is 7.53. The quantitative estimate of drug-likeness (QED) is 0.708. The van der Waals surface area contributed by atoms with Crippen LogP contribution in [0.15, 0.2) is 53.9 Å². The minimum Gasteiger partial charge on any atom is -0.497 e. The van der Waals surface area contributed by atoms with Gasteiger partial charge >= 0.3 is 0 Å². The molecule has 0 aliphatic rings. The molecule has 0 saturated heterocycles. The van der Waals surface area contributed by atoms with Crippen LogP contribution in [0.25, 0.3) is 11.3 Å². The van der Waals surface area contributed by atoms with Crippen LogP contribution in [0.2, 0.25) is 0 Å². The van der Waals surface area contributed by atoms with E-state index in [4.69, 9.17) is 4.74 Å². The molecule has 0 unspecified atom stereocenters. The van der Waals surface area contributed by atoms with E-state index >= 15 is 0 Å². The minimum absolute atomic E-state index is 0.0608. The van der Waals surface area contributed by atoms with Crippen molar-refractivity contribution in [1.82, 2.24) is 4.98 Å². The maximum Gasteiger partial charge on any atom is 0.259 e. The van der Waals surface area contributed by atoms with Crippen molar-refractivity contribution in [3.8, 4) is 17.0 Å². The summed E-state index contributed by atoms with van der Waals surface area (Å²) in [6.45, 7) is 1.97. The average Bonchev–Trinajstić information content (AvgIpc) is 3.10. The molecule has 1 amide bonds. The smallest absolute Gasteiger partial charge is 0.259 e. The van der Waals surface area contributed by atoms with Gasteiger partial charge in [-0.3, -0.25) is 9.69 Å². The molecule has 0 saturated carbocycles. The molecule has 0 bridgehead atoms. The van der Waals surface area contributed by atoms with Crippen molar-refractivity contribution in [1.29, 1.82) is 0 Å². The summed E-state index contributed by atoms with van der Waals surface area (Å²) in [6.07, 6.45) is 0. The van der Waals surface area contributed by atoms with Gasteiger partial charge in [-0.15, -0.1) is 11.3 Å². The van der Waals surface area contributed by atoms with Gasteiger partial charge in [0.1, 0.15) is 5.75 Å². The Hall–Kier alpha value is -2.66. The van der Waals surface area contributed by atoms with Gasteiger partial charge in [0, 0.05) is 23.6 Å². The summed E-state index contributed by atoms with van der Waals surface area (Å²) in [6, 6.07) is 15.3. The second-order valence-electron chi connectivity index (χ2n) is 5.48. The molecule has 1 aromatic heterocycles. The summed E-state index contributed by atoms with van der Waals surface area (Å²) in [5.41, 5.74) is 3.57. The second-order valence-corrected chi connectivity index (χ2v) is 6.31. The van der Waals surface area contributed by atoms with Crippen LogP contribution in [-0.4, -0.2) is 25.0 Å². The lowest BCUT2D eigenvalue weighted by Gasteiger charge is -2.14. The molecule has 122 valence electrons. The number of carbonyl (C=O) groups excluding carboxylic acids is 1. The third kappa shape index (κ3) is 3.31. The Morgan fingerprint density at radius 2 is 1.92 bits per heavy atom. The van der Waals surface area contributed by atoms with E-state index in [0.717, 1.165) is 22.6 Å². The van der Waals surface area contributed by atoms with E-state index in [0.29, 0.717) is 10.7 Å². The van der Waals surface area contributed by atoms with Gasteiger partial charge in [-0.05, 0) is 43.3 Å². The molecule has 0 radical (unpaired) electrons. The third-order valence-electron chi connectivity index (χ3n) is 3.73. The van der Waals surface area contributed by atoms with Crippen molar-refractivity contribution in [2.45, 2.75) is 6.92 Å². The lowest BCUT2D eigenvalue weighted by molar-refractivity contribution is 0.0993. The Balaban J connectivity index is 1.82. The highest BCUT2D eigenvalue weighted by Crippen LogP contribution is 2.28. The van der Waals surface area contributed by atoms with Gasteiger partial charge in [0.05, 0.1) is 12.8 Å². The normalized spacial score (nSPS) is 10.5. The molecular weight excluding hydrogens is 320 g/mol. The Kier molecular flexibility index (Phi) is 4.62. The lowest BCUT2D eigenvalue weighted by atomic mass is 10.1. The summed E-state index contributed by atoms with van der Waals surface area (Å²) in [5, 5.41) is 2.63. The number of anilines is 1. The number of carbonyl (C=O) groups is 1. The van der Waals surface area contributed by atoms with Crippen molar-refractivity contribution in [3.05, 3.63) is 65.0 Å². The van der Waals surface area contributed by atoms with Gasteiger partial charge in [0.25, 0.3) is 5.91 Å². The fourth-order valence-corrected chi connectivity index (χ4v) is 3.17. The fraction of sp³-hybridized carbons (Fsp3) is 0.158. The third-order valence-corrected chi connectivity index (χ3v) is 4.65. The first kappa shape index (κ1) is 16.2. The molecule has 3 aromatic rings. The molecule has 0 aliphatic heterocycles.